The van der Waals surface area contributed by atoms with Gasteiger partial charge in [-0.05, 0) is 22.6 Å². The highest BCUT2D eigenvalue weighted by atomic mass is 15.6. The van der Waals surface area contributed by atoms with Gasteiger partial charge in [0.05, 0.1) is 26.3 Å². The number of rotatable bonds is 6. The molecule has 1 heterocycles. The van der Waals surface area contributed by atoms with E-state index in [1.165, 1.54) is 10.5 Å². The fourth-order valence-corrected chi connectivity index (χ4v) is 2.57. The summed E-state index contributed by atoms with van der Waals surface area (Å²) in [4.78, 5) is 1.35. The van der Waals surface area contributed by atoms with Gasteiger partial charge in [-0.25, -0.2) is 0 Å². The number of aromatic nitrogens is 4. The van der Waals surface area contributed by atoms with Crippen LogP contribution in [0.25, 0.3) is 5.69 Å². The van der Waals surface area contributed by atoms with Gasteiger partial charge in [-0.15, -0.1) is 0 Å². The molecule has 2 aromatic carbocycles. The Bertz CT molecular complexity index is 723. The number of hydrogen-bond acceptors (Lipinski definition) is 4. The first-order valence-corrected chi connectivity index (χ1v) is 7.68. The largest absolute Gasteiger partial charge is 0.346 e. The number of quaternary nitrogens is 1. The zero-order valence-corrected chi connectivity index (χ0v) is 13.3. The standard InChI is InChI=1S/C17H20N6/c1-22(2)16(14-9-5-3-6-10-14)13-18-17-19-20-21-23(17)15-11-7-4-8-12-15/h3-12,16H,13H2,1-2H3,(H,18,19,21)/p+1/t16-/m1/s1. The molecule has 0 saturated heterocycles. The maximum Gasteiger partial charge on any atom is 0.247 e. The van der Waals surface area contributed by atoms with E-state index in [9.17, 15) is 0 Å². The van der Waals surface area contributed by atoms with Crippen molar-refractivity contribution in [1.29, 1.82) is 0 Å². The highest BCUT2D eigenvalue weighted by Gasteiger charge is 2.18. The monoisotopic (exact) mass is 309 g/mol. The minimum absolute atomic E-state index is 0.317. The molecule has 6 heteroatoms. The van der Waals surface area contributed by atoms with Crippen molar-refractivity contribution >= 4 is 5.95 Å². The number of nitrogens with zero attached hydrogens (tertiary/aromatic N) is 4. The summed E-state index contributed by atoms with van der Waals surface area (Å²) in [6.07, 6.45) is 0. The quantitative estimate of drug-likeness (QED) is 0.712. The van der Waals surface area contributed by atoms with Crippen LogP contribution in [0, 0.1) is 0 Å². The Morgan fingerprint density at radius 3 is 2.30 bits per heavy atom. The van der Waals surface area contributed by atoms with E-state index >= 15 is 0 Å². The van der Waals surface area contributed by atoms with Crippen LogP contribution in [0.5, 0.6) is 0 Å². The van der Waals surface area contributed by atoms with Crippen LogP contribution in [0.15, 0.2) is 60.7 Å². The predicted molar refractivity (Wildman–Crippen MR) is 89.6 cm³/mol. The van der Waals surface area contributed by atoms with Crippen molar-refractivity contribution in [3.8, 4) is 5.69 Å². The molecule has 0 unspecified atom stereocenters. The van der Waals surface area contributed by atoms with Crippen LogP contribution >= 0.6 is 0 Å². The third-order valence-electron chi connectivity index (χ3n) is 3.83. The van der Waals surface area contributed by atoms with Crippen molar-refractivity contribution in [2.75, 3.05) is 26.0 Å². The molecule has 0 aliphatic rings. The van der Waals surface area contributed by atoms with Crippen molar-refractivity contribution < 1.29 is 4.90 Å². The molecule has 0 fully saturated rings. The van der Waals surface area contributed by atoms with Crippen molar-refractivity contribution in [2.24, 2.45) is 0 Å². The van der Waals surface area contributed by atoms with E-state index in [0.717, 1.165) is 12.2 Å². The number of benzene rings is 2. The first-order valence-electron chi connectivity index (χ1n) is 7.68. The van der Waals surface area contributed by atoms with Gasteiger partial charge >= 0.3 is 0 Å². The Morgan fingerprint density at radius 1 is 1.00 bits per heavy atom. The van der Waals surface area contributed by atoms with Crippen LogP contribution < -0.4 is 10.2 Å². The Labute approximate surface area is 135 Å². The number of anilines is 1. The zero-order chi connectivity index (χ0) is 16.1. The van der Waals surface area contributed by atoms with Gasteiger partial charge in [0.25, 0.3) is 0 Å². The Morgan fingerprint density at radius 2 is 1.65 bits per heavy atom. The van der Waals surface area contributed by atoms with E-state index in [4.69, 9.17) is 0 Å². The van der Waals surface area contributed by atoms with Crippen LogP contribution in [-0.4, -0.2) is 40.8 Å². The molecular weight excluding hydrogens is 288 g/mol. The summed E-state index contributed by atoms with van der Waals surface area (Å²) in [6, 6.07) is 20.7. The molecule has 118 valence electrons. The SMILES string of the molecule is C[NH+](C)[C@H](CNc1nnnn1-c1ccccc1)c1ccccc1. The molecule has 0 bridgehead atoms. The maximum atomic E-state index is 4.10. The minimum atomic E-state index is 0.317. The molecule has 1 atom stereocenters. The van der Waals surface area contributed by atoms with E-state index < -0.39 is 0 Å². The average Bonchev–Trinajstić information content (AvgIpc) is 3.05. The summed E-state index contributed by atoms with van der Waals surface area (Å²) in [7, 11) is 4.30. The number of likely N-dealkylation sites (N-methyl/N-ethyl adjacent to an activating group) is 1. The summed E-state index contributed by atoms with van der Waals surface area (Å²) in [5.41, 5.74) is 2.23. The molecule has 3 rings (SSSR count). The average molecular weight is 309 g/mol. The smallest absolute Gasteiger partial charge is 0.247 e. The van der Waals surface area contributed by atoms with Gasteiger partial charge in [0.1, 0.15) is 6.04 Å². The van der Waals surface area contributed by atoms with E-state index in [1.807, 2.05) is 36.4 Å². The predicted octanol–water partition coefficient (Wildman–Crippen LogP) is 0.960. The molecule has 0 aliphatic carbocycles. The first-order chi connectivity index (χ1) is 11.3. The third kappa shape index (κ3) is 3.54. The van der Waals surface area contributed by atoms with Gasteiger partial charge in [-0.1, -0.05) is 53.6 Å². The van der Waals surface area contributed by atoms with Crippen molar-refractivity contribution in [3.05, 3.63) is 66.2 Å². The Kier molecular flexibility index (Phi) is 4.63. The van der Waals surface area contributed by atoms with E-state index in [0.29, 0.717) is 12.0 Å². The van der Waals surface area contributed by atoms with Crippen LogP contribution in [0.2, 0.25) is 0 Å². The van der Waals surface area contributed by atoms with Crippen LogP contribution in [-0.2, 0) is 0 Å². The van der Waals surface area contributed by atoms with E-state index in [1.54, 1.807) is 4.68 Å². The van der Waals surface area contributed by atoms with Crippen LogP contribution in [0.1, 0.15) is 11.6 Å². The van der Waals surface area contributed by atoms with E-state index in [2.05, 4.69) is 59.2 Å². The second kappa shape index (κ2) is 7.02. The highest BCUT2D eigenvalue weighted by molar-refractivity contribution is 5.38. The molecule has 0 spiro atoms. The van der Waals surface area contributed by atoms with E-state index in [-0.39, 0.29) is 0 Å². The number of tetrazole rings is 1. The lowest BCUT2D eigenvalue weighted by atomic mass is 10.1. The number of hydrogen-bond donors (Lipinski definition) is 2. The third-order valence-corrected chi connectivity index (χ3v) is 3.83. The molecule has 3 aromatic rings. The van der Waals surface area contributed by atoms with Crippen molar-refractivity contribution in [2.45, 2.75) is 6.04 Å². The molecule has 0 aliphatic heterocycles. The van der Waals surface area contributed by atoms with Gasteiger partial charge < -0.3 is 10.2 Å². The van der Waals surface area contributed by atoms with Gasteiger partial charge in [0.2, 0.25) is 5.95 Å². The fraction of sp³-hybridized carbons (Fsp3) is 0.235. The second-order valence-electron chi connectivity index (χ2n) is 5.67. The summed E-state index contributed by atoms with van der Waals surface area (Å²) < 4.78 is 1.72. The number of nitrogens with one attached hydrogen (secondary N) is 2. The maximum absolute atomic E-state index is 4.10. The van der Waals surface area contributed by atoms with Crippen molar-refractivity contribution in [1.82, 2.24) is 20.2 Å². The molecule has 6 nitrogen and oxygen atoms in total. The van der Waals surface area contributed by atoms with Crippen LogP contribution in [0.4, 0.5) is 5.95 Å². The summed E-state index contributed by atoms with van der Waals surface area (Å²) in [5, 5.41) is 15.3. The molecular formula is C17H21N6+. The van der Waals surface area contributed by atoms with Gasteiger partial charge in [-0.2, -0.15) is 4.68 Å². The molecule has 0 saturated carbocycles. The lowest BCUT2D eigenvalue weighted by Gasteiger charge is -2.22. The fourth-order valence-electron chi connectivity index (χ4n) is 2.57. The first kappa shape index (κ1) is 15.2. The Balaban J connectivity index is 1.77. The molecule has 2 N–H and O–H groups in total. The molecule has 0 amide bonds. The topological polar surface area (TPSA) is 60.1 Å². The number of para-hydroxylation sites is 1. The normalized spacial score (nSPS) is 12.3. The lowest BCUT2D eigenvalue weighted by Crippen LogP contribution is -3.06. The molecule has 0 radical (unpaired) electrons. The van der Waals surface area contributed by atoms with Gasteiger partial charge in [0.15, 0.2) is 0 Å². The highest BCUT2D eigenvalue weighted by Crippen LogP contribution is 2.13. The summed E-state index contributed by atoms with van der Waals surface area (Å²) >= 11 is 0. The molecule has 23 heavy (non-hydrogen) atoms. The summed E-state index contributed by atoms with van der Waals surface area (Å²) in [6.45, 7) is 0.750. The minimum Gasteiger partial charge on any atom is -0.346 e. The Hall–Kier alpha value is -2.73. The summed E-state index contributed by atoms with van der Waals surface area (Å²) in [5.74, 6) is 0.651. The second-order valence-corrected chi connectivity index (χ2v) is 5.67. The van der Waals surface area contributed by atoms with Crippen LogP contribution in [0.3, 0.4) is 0 Å². The van der Waals surface area contributed by atoms with Gasteiger partial charge in [-0.3, -0.25) is 0 Å². The molecule has 1 aromatic heterocycles. The lowest BCUT2D eigenvalue weighted by molar-refractivity contribution is -0.890. The zero-order valence-electron chi connectivity index (χ0n) is 13.3. The van der Waals surface area contributed by atoms with Crippen molar-refractivity contribution in [3.63, 3.8) is 0 Å². The van der Waals surface area contributed by atoms with Gasteiger partial charge in [0, 0.05) is 5.56 Å².